The van der Waals surface area contributed by atoms with Gasteiger partial charge in [-0.3, -0.25) is 0 Å². The summed E-state index contributed by atoms with van der Waals surface area (Å²) in [6.07, 6.45) is 1.92. The summed E-state index contributed by atoms with van der Waals surface area (Å²) in [4.78, 5) is 5.55. The van der Waals surface area contributed by atoms with Crippen molar-refractivity contribution < 1.29 is 4.74 Å². The summed E-state index contributed by atoms with van der Waals surface area (Å²) in [5.74, 6) is 0. The summed E-state index contributed by atoms with van der Waals surface area (Å²) in [5.41, 5.74) is 0. The van der Waals surface area contributed by atoms with Crippen molar-refractivity contribution in [3.05, 3.63) is 16.1 Å². The van der Waals surface area contributed by atoms with E-state index in [1.807, 2.05) is 6.20 Å². The number of hydrogen-bond donors (Lipinski definition) is 2. The van der Waals surface area contributed by atoms with Gasteiger partial charge in [-0.1, -0.05) is 0 Å². The van der Waals surface area contributed by atoms with Crippen molar-refractivity contribution in [1.29, 1.82) is 0 Å². The van der Waals surface area contributed by atoms with E-state index in [1.54, 1.807) is 18.4 Å². The molecule has 0 amide bonds. The molecule has 0 aromatic carbocycles. The summed E-state index contributed by atoms with van der Waals surface area (Å²) < 4.78 is 4.93. The van der Waals surface area contributed by atoms with Gasteiger partial charge in [0.05, 0.1) is 6.61 Å². The van der Waals surface area contributed by atoms with Gasteiger partial charge in [-0.25, -0.2) is 4.98 Å². The fourth-order valence-electron chi connectivity index (χ4n) is 1.15. The Morgan fingerprint density at radius 3 is 2.80 bits per heavy atom. The highest BCUT2D eigenvalue weighted by atomic mass is 32.1. The lowest BCUT2D eigenvalue weighted by Gasteiger charge is -2.04. The fraction of sp³-hybridized carbons (Fsp3) is 0.700. The minimum absolute atomic E-state index is 0.770. The van der Waals surface area contributed by atoms with Gasteiger partial charge in [-0.05, 0) is 6.92 Å². The van der Waals surface area contributed by atoms with Crippen LogP contribution in [-0.4, -0.2) is 38.3 Å². The highest BCUT2D eigenvalue weighted by Gasteiger charge is 1.96. The lowest BCUT2D eigenvalue weighted by atomic mass is 10.5. The van der Waals surface area contributed by atoms with Crippen molar-refractivity contribution >= 4 is 11.3 Å². The lowest BCUT2D eigenvalue weighted by molar-refractivity contribution is 0.199. The minimum atomic E-state index is 0.770. The molecule has 0 fully saturated rings. The van der Waals surface area contributed by atoms with Crippen LogP contribution in [0.1, 0.15) is 9.88 Å². The minimum Gasteiger partial charge on any atom is -0.383 e. The van der Waals surface area contributed by atoms with E-state index in [1.165, 1.54) is 4.88 Å². The van der Waals surface area contributed by atoms with Crippen molar-refractivity contribution in [3.63, 3.8) is 0 Å². The Hall–Kier alpha value is -0.490. The van der Waals surface area contributed by atoms with Gasteiger partial charge in [0, 0.05) is 44.4 Å². The van der Waals surface area contributed by atoms with Gasteiger partial charge < -0.3 is 15.4 Å². The molecule has 0 aliphatic heterocycles. The van der Waals surface area contributed by atoms with E-state index in [0.717, 1.165) is 37.8 Å². The summed E-state index contributed by atoms with van der Waals surface area (Å²) in [7, 11) is 1.71. The van der Waals surface area contributed by atoms with Crippen LogP contribution in [0.4, 0.5) is 0 Å². The molecule has 2 N–H and O–H groups in total. The molecule has 86 valence electrons. The van der Waals surface area contributed by atoms with E-state index in [9.17, 15) is 0 Å². The predicted molar refractivity (Wildman–Crippen MR) is 63.3 cm³/mol. The van der Waals surface area contributed by atoms with Gasteiger partial charge in [0.1, 0.15) is 5.01 Å². The first-order valence-electron chi connectivity index (χ1n) is 5.14. The largest absolute Gasteiger partial charge is 0.383 e. The van der Waals surface area contributed by atoms with Crippen LogP contribution in [0.3, 0.4) is 0 Å². The molecule has 0 aliphatic carbocycles. The summed E-state index contributed by atoms with van der Waals surface area (Å²) in [6.45, 7) is 6.55. The molecule has 0 unspecified atom stereocenters. The van der Waals surface area contributed by atoms with Crippen LogP contribution in [0.15, 0.2) is 6.20 Å². The number of aromatic nitrogens is 1. The standard InChI is InChI=1S/C10H19N3OS/c1-9-7-13-10(15-9)8-12-4-3-11-5-6-14-2/h7,11-12H,3-6,8H2,1-2H3. The molecule has 1 heterocycles. The van der Waals surface area contributed by atoms with Crippen molar-refractivity contribution in [2.24, 2.45) is 0 Å². The lowest BCUT2D eigenvalue weighted by Crippen LogP contribution is -2.29. The van der Waals surface area contributed by atoms with Crippen LogP contribution in [0.2, 0.25) is 0 Å². The Labute approximate surface area is 95.1 Å². The van der Waals surface area contributed by atoms with Gasteiger partial charge in [0.15, 0.2) is 0 Å². The maximum absolute atomic E-state index is 4.93. The van der Waals surface area contributed by atoms with Crippen LogP contribution in [0.5, 0.6) is 0 Å². The van der Waals surface area contributed by atoms with Crippen LogP contribution in [-0.2, 0) is 11.3 Å². The predicted octanol–water partition coefficient (Wildman–Crippen LogP) is 0.777. The smallest absolute Gasteiger partial charge is 0.107 e. The number of nitrogens with zero attached hydrogens (tertiary/aromatic N) is 1. The van der Waals surface area contributed by atoms with Gasteiger partial charge in [0.2, 0.25) is 0 Å². The molecule has 1 aromatic heterocycles. The van der Waals surface area contributed by atoms with E-state index in [-0.39, 0.29) is 0 Å². The number of aryl methyl sites for hydroxylation is 1. The highest BCUT2D eigenvalue weighted by Crippen LogP contribution is 2.09. The van der Waals surface area contributed by atoms with Crippen LogP contribution < -0.4 is 10.6 Å². The molecular formula is C10H19N3OS. The van der Waals surface area contributed by atoms with E-state index >= 15 is 0 Å². The number of methoxy groups -OCH3 is 1. The molecule has 0 bridgehead atoms. The number of hydrogen-bond acceptors (Lipinski definition) is 5. The average Bonchev–Trinajstić information content (AvgIpc) is 2.63. The van der Waals surface area contributed by atoms with Crippen LogP contribution in [0, 0.1) is 6.92 Å². The highest BCUT2D eigenvalue weighted by molar-refractivity contribution is 7.11. The Bertz CT molecular complexity index is 265. The van der Waals surface area contributed by atoms with E-state index in [0.29, 0.717) is 0 Å². The first-order chi connectivity index (χ1) is 7.33. The second-order valence-electron chi connectivity index (χ2n) is 3.28. The third kappa shape index (κ3) is 5.84. The zero-order chi connectivity index (χ0) is 10.9. The van der Waals surface area contributed by atoms with Gasteiger partial charge in [0.25, 0.3) is 0 Å². The Morgan fingerprint density at radius 1 is 1.33 bits per heavy atom. The zero-order valence-electron chi connectivity index (χ0n) is 9.38. The molecule has 0 aliphatic rings. The van der Waals surface area contributed by atoms with Gasteiger partial charge in [-0.15, -0.1) is 11.3 Å². The molecule has 0 atom stereocenters. The van der Waals surface area contributed by atoms with Crippen molar-refractivity contribution in [2.45, 2.75) is 13.5 Å². The number of ether oxygens (including phenoxy) is 1. The molecule has 0 saturated heterocycles. The SMILES string of the molecule is COCCNCCNCc1ncc(C)s1. The topological polar surface area (TPSA) is 46.2 Å². The van der Waals surface area contributed by atoms with E-state index in [4.69, 9.17) is 4.74 Å². The molecule has 4 nitrogen and oxygen atoms in total. The first-order valence-corrected chi connectivity index (χ1v) is 5.96. The Balaban J connectivity index is 1.93. The third-order valence-electron chi connectivity index (χ3n) is 1.91. The maximum Gasteiger partial charge on any atom is 0.107 e. The normalized spacial score (nSPS) is 10.8. The van der Waals surface area contributed by atoms with Crippen LogP contribution in [0.25, 0.3) is 0 Å². The number of rotatable bonds is 8. The second-order valence-corrected chi connectivity index (χ2v) is 4.60. The average molecular weight is 229 g/mol. The van der Waals surface area contributed by atoms with Crippen molar-refractivity contribution in [1.82, 2.24) is 15.6 Å². The van der Waals surface area contributed by atoms with E-state index in [2.05, 4.69) is 22.5 Å². The molecule has 0 saturated carbocycles. The van der Waals surface area contributed by atoms with Crippen LogP contribution >= 0.6 is 11.3 Å². The summed E-state index contributed by atoms with van der Waals surface area (Å²) >= 11 is 1.75. The number of thiazole rings is 1. The summed E-state index contributed by atoms with van der Waals surface area (Å²) in [5, 5.41) is 7.77. The molecule has 15 heavy (non-hydrogen) atoms. The quantitative estimate of drug-likeness (QED) is 0.647. The van der Waals surface area contributed by atoms with Gasteiger partial charge >= 0.3 is 0 Å². The monoisotopic (exact) mass is 229 g/mol. The molecule has 0 radical (unpaired) electrons. The van der Waals surface area contributed by atoms with Crippen molar-refractivity contribution in [3.8, 4) is 0 Å². The van der Waals surface area contributed by atoms with E-state index < -0.39 is 0 Å². The van der Waals surface area contributed by atoms with Crippen molar-refractivity contribution in [2.75, 3.05) is 33.4 Å². The molecule has 5 heteroatoms. The Morgan fingerprint density at radius 2 is 2.13 bits per heavy atom. The number of nitrogens with one attached hydrogen (secondary N) is 2. The Kier molecular flexibility index (Phi) is 6.50. The first kappa shape index (κ1) is 12.6. The molecule has 1 rings (SSSR count). The molecular weight excluding hydrogens is 210 g/mol. The zero-order valence-corrected chi connectivity index (χ0v) is 10.2. The fourth-order valence-corrected chi connectivity index (χ4v) is 1.91. The third-order valence-corrected chi connectivity index (χ3v) is 2.82. The summed E-state index contributed by atoms with van der Waals surface area (Å²) in [6, 6.07) is 0. The molecule has 1 aromatic rings. The maximum atomic E-state index is 4.93. The molecule has 0 spiro atoms. The van der Waals surface area contributed by atoms with Gasteiger partial charge in [-0.2, -0.15) is 0 Å². The second kappa shape index (κ2) is 7.76.